The quantitative estimate of drug-likeness (QED) is 0.661. The third kappa shape index (κ3) is 5.93. The van der Waals surface area contributed by atoms with Crippen LogP contribution in [0.1, 0.15) is 52.4 Å². The van der Waals surface area contributed by atoms with E-state index in [1.807, 2.05) is 13.8 Å². The molecule has 0 aliphatic heterocycles. The highest BCUT2D eigenvalue weighted by atomic mass is 16.5. The van der Waals surface area contributed by atoms with Gasteiger partial charge in [-0.3, -0.25) is 9.59 Å². The van der Waals surface area contributed by atoms with E-state index in [0.29, 0.717) is 5.69 Å². The van der Waals surface area contributed by atoms with E-state index >= 15 is 0 Å². The van der Waals surface area contributed by atoms with Crippen LogP contribution >= 0.6 is 0 Å². The summed E-state index contributed by atoms with van der Waals surface area (Å²) in [6.07, 6.45) is 6.67. The first-order valence-electron chi connectivity index (χ1n) is 8.43. The molecule has 1 saturated carbocycles. The van der Waals surface area contributed by atoms with Crippen LogP contribution in [0.5, 0.6) is 5.75 Å². The van der Waals surface area contributed by atoms with E-state index < -0.39 is 11.8 Å². The predicted molar refractivity (Wildman–Crippen MR) is 90.5 cm³/mol. The number of amides is 2. The number of anilines is 1. The Hall–Kier alpha value is -2.04. The molecule has 1 aliphatic rings. The smallest absolute Gasteiger partial charge is 0.313 e. The minimum absolute atomic E-state index is 0.0980. The van der Waals surface area contributed by atoms with Gasteiger partial charge in [0, 0.05) is 11.7 Å². The Morgan fingerprint density at radius 1 is 1.00 bits per heavy atom. The highest BCUT2D eigenvalue weighted by molar-refractivity contribution is 6.39. The van der Waals surface area contributed by atoms with Crippen molar-refractivity contribution in [2.45, 2.75) is 64.5 Å². The Labute approximate surface area is 137 Å². The predicted octanol–water partition coefficient (Wildman–Crippen LogP) is 3.25. The second kappa shape index (κ2) is 8.56. The van der Waals surface area contributed by atoms with Crippen LogP contribution in [0.15, 0.2) is 24.3 Å². The maximum Gasteiger partial charge on any atom is 0.313 e. The lowest BCUT2D eigenvalue weighted by Crippen LogP contribution is -2.41. The summed E-state index contributed by atoms with van der Waals surface area (Å²) in [7, 11) is 0. The van der Waals surface area contributed by atoms with Crippen molar-refractivity contribution in [1.29, 1.82) is 0 Å². The van der Waals surface area contributed by atoms with Crippen molar-refractivity contribution in [2.24, 2.45) is 0 Å². The molecule has 2 N–H and O–H groups in total. The van der Waals surface area contributed by atoms with E-state index in [1.54, 1.807) is 24.3 Å². The average Bonchev–Trinajstić information content (AvgIpc) is 2.77. The van der Waals surface area contributed by atoms with Gasteiger partial charge in [0.25, 0.3) is 0 Å². The minimum Gasteiger partial charge on any atom is -0.491 e. The number of benzene rings is 1. The summed E-state index contributed by atoms with van der Waals surface area (Å²) in [6.45, 7) is 3.90. The van der Waals surface area contributed by atoms with Crippen molar-refractivity contribution in [3.8, 4) is 5.75 Å². The Morgan fingerprint density at radius 2 is 1.61 bits per heavy atom. The molecule has 126 valence electrons. The zero-order chi connectivity index (χ0) is 16.7. The molecule has 0 aromatic heterocycles. The monoisotopic (exact) mass is 318 g/mol. The van der Waals surface area contributed by atoms with Crippen molar-refractivity contribution >= 4 is 17.5 Å². The lowest BCUT2D eigenvalue weighted by molar-refractivity contribution is -0.136. The van der Waals surface area contributed by atoms with Gasteiger partial charge in [0.1, 0.15) is 5.75 Å². The zero-order valence-electron chi connectivity index (χ0n) is 13.9. The van der Waals surface area contributed by atoms with Crippen LogP contribution < -0.4 is 15.4 Å². The Kier molecular flexibility index (Phi) is 6.44. The maximum absolute atomic E-state index is 12.0. The molecular formula is C18H26N2O3. The summed E-state index contributed by atoms with van der Waals surface area (Å²) in [6, 6.07) is 7.14. The van der Waals surface area contributed by atoms with Crippen molar-refractivity contribution in [1.82, 2.24) is 5.32 Å². The van der Waals surface area contributed by atoms with Gasteiger partial charge < -0.3 is 15.4 Å². The first-order chi connectivity index (χ1) is 11.0. The van der Waals surface area contributed by atoms with Gasteiger partial charge in [0.15, 0.2) is 0 Å². The minimum atomic E-state index is -0.619. The molecule has 1 aromatic carbocycles. The standard InChI is InChI=1S/C18H26N2O3/c1-13(2)23-16-11-9-15(10-12-16)20-18(22)17(21)19-14-7-5-3-4-6-8-14/h9-14H,3-8H2,1-2H3,(H,19,21)(H,20,22). The third-order valence-electron chi connectivity index (χ3n) is 3.88. The van der Waals surface area contributed by atoms with E-state index in [0.717, 1.165) is 31.4 Å². The molecular weight excluding hydrogens is 292 g/mol. The molecule has 5 heteroatoms. The zero-order valence-corrected chi connectivity index (χ0v) is 13.9. The van der Waals surface area contributed by atoms with E-state index in [-0.39, 0.29) is 12.1 Å². The van der Waals surface area contributed by atoms with Crippen LogP contribution in [0.3, 0.4) is 0 Å². The summed E-state index contributed by atoms with van der Waals surface area (Å²) in [4.78, 5) is 24.0. The molecule has 0 unspecified atom stereocenters. The summed E-state index contributed by atoms with van der Waals surface area (Å²) in [5.41, 5.74) is 0.585. The fourth-order valence-electron chi connectivity index (χ4n) is 2.75. The number of hydrogen-bond acceptors (Lipinski definition) is 3. The fourth-order valence-corrected chi connectivity index (χ4v) is 2.75. The first kappa shape index (κ1) is 17.3. The molecule has 2 rings (SSSR count). The third-order valence-corrected chi connectivity index (χ3v) is 3.88. The van der Waals surface area contributed by atoms with E-state index in [4.69, 9.17) is 4.74 Å². The number of carbonyl (C=O) groups is 2. The van der Waals surface area contributed by atoms with Gasteiger partial charge in [-0.25, -0.2) is 0 Å². The molecule has 23 heavy (non-hydrogen) atoms. The van der Waals surface area contributed by atoms with Crippen molar-refractivity contribution in [3.05, 3.63) is 24.3 Å². The van der Waals surface area contributed by atoms with E-state index in [1.165, 1.54) is 12.8 Å². The van der Waals surface area contributed by atoms with Gasteiger partial charge in [0.2, 0.25) is 0 Å². The second-order valence-electron chi connectivity index (χ2n) is 6.31. The highest BCUT2D eigenvalue weighted by Crippen LogP contribution is 2.18. The topological polar surface area (TPSA) is 67.4 Å². The molecule has 0 radical (unpaired) electrons. The molecule has 1 fully saturated rings. The van der Waals surface area contributed by atoms with Gasteiger partial charge in [-0.05, 0) is 51.0 Å². The summed E-state index contributed by atoms with van der Waals surface area (Å²) < 4.78 is 5.54. The van der Waals surface area contributed by atoms with Gasteiger partial charge in [-0.1, -0.05) is 25.7 Å². The second-order valence-corrected chi connectivity index (χ2v) is 6.31. The molecule has 0 saturated heterocycles. The molecule has 0 bridgehead atoms. The molecule has 0 atom stereocenters. The van der Waals surface area contributed by atoms with Crippen LogP contribution in [-0.4, -0.2) is 24.0 Å². The van der Waals surface area contributed by atoms with Crippen molar-refractivity contribution in [2.75, 3.05) is 5.32 Å². The van der Waals surface area contributed by atoms with Gasteiger partial charge in [0.05, 0.1) is 6.10 Å². The number of hydrogen-bond donors (Lipinski definition) is 2. The number of rotatable bonds is 4. The van der Waals surface area contributed by atoms with Crippen LogP contribution in [0, 0.1) is 0 Å². The molecule has 0 spiro atoms. The Bertz CT molecular complexity index is 518. The molecule has 1 aliphatic carbocycles. The molecule has 5 nitrogen and oxygen atoms in total. The summed E-state index contributed by atoms with van der Waals surface area (Å²) >= 11 is 0. The lowest BCUT2D eigenvalue weighted by atomic mass is 10.1. The molecule has 0 heterocycles. The summed E-state index contributed by atoms with van der Waals surface area (Å²) in [5, 5.41) is 5.46. The molecule has 2 amide bonds. The van der Waals surface area contributed by atoms with E-state index in [2.05, 4.69) is 10.6 Å². The van der Waals surface area contributed by atoms with Crippen molar-refractivity contribution < 1.29 is 14.3 Å². The maximum atomic E-state index is 12.0. The van der Waals surface area contributed by atoms with Gasteiger partial charge in [-0.2, -0.15) is 0 Å². The lowest BCUT2D eigenvalue weighted by Gasteiger charge is -2.16. The number of carbonyl (C=O) groups excluding carboxylic acids is 2. The van der Waals surface area contributed by atoms with Gasteiger partial charge >= 0.3 is 11.8 Å². The normalized spacial score (nSPS) is 15.8. The summed E-state index contributed by atoms with van der Waals surface area (Å²) in [5.74, 6) is -0.438. The SMILES string of the molecule is CC(C)Oc1ccc(NC(=O)C(=O)NC2CCCCCC2)cc1. The van der Waals surface area contributed by atoms with Gasteiger partial charge in [-0.15, -0.1) is 0 Å². The Morgan fingerprint density at radius 3 is 2.17 bits per heavy atom. The van der Waals surface area contributed by atoms with Crippen LogP contribution in [0.25, 0.3) is 0 Å². The average molecular weight is 318 g/mol. The number of nitrogens with one attached hydrogen (secondary N) is 2. The van der Waals surface area contributed by atoms with Crippen LogP contribution in [0.2, 0.25) is 0 Å². The van der Waals surface area contributed by atoms with Crippen LogP contribution in [-0.2, 0) is 9.59 Å². The largest absolute Gasteiger partial charge is 0.491 e. The highest BCUT2D eigenvalue weighted by Gasteiger charge is 2.19. The van der Waals surface area contributed by atoms with E-state index in [9.17, 15) is 9.59 Å². The van der Waals surface area contributed by atoms with Crippen molar-refractivity contribution in [3.63, 3.8) is 0 Å². The fraction of sp³-hybridized carbons (Fsp3) is 0.556. The molecule has 1 aromatic rings. The first-order valence-corrected chi connectivity index (χ1v) is 8.43. The number of ether oxygens (including phenoxy) is 1. The van der Waals surface area contributed by atoms with Crippen LogP contribution in [0.4, 0.5) is 5.69 Å². The Balaban J connectivity index is 1.84.